The van der Waals surface area contributed by atoms with Gasteiger partial charge >= 0.3 is 0 Å². The van der Waals surface area contributed by atoms with Crippen molar-refractivity contribution >= 4 is 0 Å². The molecule has 0 radical (unpaired) electrons. The Labute approximate surface area is 172 Å². The lowest BCUT2D eigenvalue weighted by atomic mass is 9.89. The van der Waals surface area contributed by atoms with Crippen LogP contribution in [0.1, 0.15) is 79.1 Å². The molecule has 0 unspecified atom stereocenters. The molecule has 28 heavy (non-hydrogen) atoms. The summed E-state index contributed by atoms with van der Waals surface area (Å²) in [5.41, 5.74) is 0.983. The van der Waals surface area contributed by atoms with Gasteiger partial charge in [-0.2, -0.15) is 0 Å². The second-order valence-electron chi connectivity index (χ2n) is 7.66. The van der Waals surface area contributed by atoms with Crippen LogP contribution in [0.5, 0.6) is 0 Å². The van der Waals surface area contributed by atoms with E-state index in [0.717, 1.165) is 63.5 Å². The lowest BCUT2D eigenvalue weighted by molar-refractivity contribution is -0.163. The van der Waals surface area contributed by atoms with E-state index in [4.69, 9.17) is 18.9 Å². The second kappa shape index (κ2) is 16.3. The highest BCUT2D eigenvalue weighted by molar-refractivity contribution is 5.21. The number of unbranched alkanes of at least 4 members (excludes halogenated alkanes) is 4. The predicted molar refractivity (Wildman–Crippen MR) is 114 cm³/mol. The highest BCUT2D eigenvalue weighted by Gasteiger charge is 2.42. The summed E-state index contributed by atoms with van der Waals surface area (Å²) in [4.78, 5) is 0. The van der Waals surface area contributed by atoms with E-state index >= 15 is 0 Å². The molecule has 166 valence electrons. The molecule has 0 fully saturated rings. The molecule has 1 N–H and O–H groups in total. The van der Waals surface area contributed by atoms with Gasteiger partial charge in [-0.1, -0.05) is 53.4 Å². The van der Waals surface area contributed by atoms with Crippen LogP contribution >= 0.6 is 0 Å². The Morgan fingerprint density at radius 3 is 1.79 bits per heavy atom. The smallest absolute Gasteiger partial charge is 0.117 e. The van der Waals surface area contributed by atoms with Crippen molar-refractivity contribution in [3.63, 3.8) is 0 Å². The fourth-order valence-corrected chi connectivity index (χ4v) is 3.21. The molecule has 1 aliphatic carbocycles. The minimum Gasteiger partial charge on any atom is -0.386 e. The van der Waals surface area contributed by atoms with Gasteiger partial charge in [0.05, 0.1) is 6.61 Å². The molecule has 0 saturated heterocycles. The first-order valence-corrected chi connectivity index (χ1v) is 11.5. The van der Waals surface area contributed by atoms with Crippen LogP contribution in [0.25, 0.3) is 0 Å². The van der Waals surface area contributed by atoms with Crippen LogP contribution in [0, 0.1) is 0 Å². The summed E-state index contributed by atoms with van der Waals surface area (Å²) in [7, 11) is 0. The van der Waals surface area contributed by atoms with E-state index in [1.54, 1.807) is 0 Å². The van der Waals surface area contributed by atoms with Crippen LogP contribution in [0.15, 0.2) is 11.6 Å². The van der Waals surface area contributed by atoms with Gasteiger partial charge in [-0.3, -0.25) is 0 Å². The van der Waals surface area contributed by atoms with Crippen molar-refractivity contribution < 1.29 is 24.1 Å². The van der Waals surface area contributed by atoms with Crippen molar-refractivity contribution in [3.8, 4) is 0 Å². The van der Waals surface area contributed by atoms with E-state index in [1.807, 2.05) is 6.08 Å². The van der Waals surface area contributed by atoms with Crippen molar-refractivity contribution in [2.75, 3.05) is 33.0 Å². The third-order valence-corrected chi connectivity index (χ3v) is 5.03. The van der Waals surface area contributed by atoms with Gasteiger partial charge in [0.25, 0.3) is 0 Å². The summed E-state index contributed by atoms with van der Waals surface area (Å²) >= 11 is 0. The van der Waals surface area contributed by atoms with Crippen molar-refractivity contribution in [2.24, 2.45) is 0 Å². The van der Waals surface area contributed by atoms with Gasteiger partial charge in [0.2, 0.25) is 0 Å². The average Bonchev–Trinajstić information content (AvgIpc) is 2.69. The fourth-order valence-electron chi connectivity index (χ4n) is 3.21. The zero-order chi connectivity index (χ0) is 20.6. The molecule has 0 aromatic carbocycles. The Morgan fingerprint density at radius 2 is 1.21 bits per heavy atom. The van der Waals surface area contributed by atoms with Crippen LogP contribution in [0.4, 0.5) is 0 Å². The SMILES string of the molecule is CCCCOCC1=C[C@H](O)[C@H](OCCCC)[C@@H](OCCCC)[C@@H]1OCCCC. The summed E-state index contributed by atoms with van der Waals surface area (Å²) in [5.74, 6) is 0. The Kier molecular flexibility index (Phi) is 14.9. The molecule has 0 aromatic heterocycles. The summed E-state index contributed by atoms with van der Waals surface area (Å²) in [5, 5.41) is 10.8. The van der Waals surface area contributed by atoms with Crippen LogP contribution in [0.3, 0.4) is 0 Å². The molecule has 5 heteroatoms. The second-order valence-corrected chi connectivity index (χ2v) is 7.66. The third kappa shape index (κ3) is 9.36. The molecular formula is C23H44O5. The summed E-state index contributed by atoms with van der Waals surface area (Å²) < 4.78 is 24.4. The number of ether oxygens (including phenoxy) is 4. The summed E-state index contributed by atoms with van der Waals surface area (Å²) in [6.45, 7) is 11.8. The zero-order valence-electron chi connectivity index (χ0n) is 18.7. The zero-order valence-corrected chi connectivity index (χ0v) is 18.7. The average molecular weight is 401 g/mol. The van der Waals surface area contributed by atoms with Gasteiger partial charge < -0.3 is 24.1 Å². The molecule has 0 heterocycles. The molecular weight excluding hydrogens is 356 g/mol. The van der Waals surface area contributed by atoms with E-state index in [2.05, 4.69) is 27.7 Å². The fraction of sp³-hybridized carbons (Fsp3) is 0.913. The van der Waals surface area contributed by atoms with Gasteiger partial charge in [0.1, 0.15) is 24.4 Å². The van der Waals surface area contributed by atoms with Crippen LogP contribution < -0.4 is 0 Å². The van der Waals surface area contributed by atoms with Crippen molar-refractivity contribution in [1.29, 1.82) is 0 Å². The van der Waals surface area contributed by atoms with E-state index in [-0.39, 0.29) is 12.2 Å². The van der Waals surface area contributed by atoms with Gasteiger partial charge in [-0.15, -0.1) is 0 Å². The molecule has 1 rings (SSSR count). The maximum Gasteiger partial charge on any atom is 0.117 e. The van der Waals surface area contributed by atoms with Crippen LogP contribution in [-0.4, -0.2) is 62.6 Å². The summed E-state index contributed by atoms with van der Waals surface area (Å²) in [6, 6.07) is 0. The quantitative estimate of drug-likeness (QED) is 0.284. The van der Waals surface area contributed by atoms with Crippen LogP contribution in [0.2, 0.25) is 0 Å². The largest absolute Gasteiger partial charge is 0.386 e. The Morgan fingerprint density at radius 1 is 0.714 bits per heavy atom. The highest BCUT2D eigenvalue weighted by Crippen LogP contribution is 2.29. The van der Waals surface area contributed by atoms with Crippen molar-refractivity contribution in [3.05, 3.63) is 11.6 Å². The number of aliphatic hydroxyl groups excluding tert-OH is 1. The van der Waals surface area contributed by atoms with E-state index < -0.39 is 12.2 Å². The normalized spacial score (nSPS) is 25.1. The van der Waals surface area contributed by atoms with Gasteiger partial charge in [0.15, 0.2) is 0 Å². The van der Waals surface area contributed by atoms with E-state index in [1.165, 1.54) is 0 Å². The first-order valence-electron chi connectivity index (χ1n) is 11.5. The predicted octanol–water partition coefficient (Wildman–Crippen LogP) is 4.66. The monoisotopic (exact) mass is 400 g/mol. The molecule has 0 aliphatic heterocycles. The molecule has 0 amide bonds. The minimum absolute atomic E-state index is 0.222. The maximum absolute atomic E-state index is 10.8. The lowest BCUT2D eigenvalue weighted by Gasteiger charge is -2.40. The molecule has 4 atom stereocenters. The molecule has 0 saturated carbocycles. The van der Waals surface area contributed by atoms with E-state index in [9.17, 15) is 5.11 Å². The van der Waals surface area contributed by atoms with Crippen LogP contribution in [-0.2, 0) is 18.9 Å². The van der Waals surface area contributed by atoms with Gasteiger partial charge in [-0.05, 0) is 37.3 Å². The topological polar surface area (TPSA) is 57.2 Å². The lowest BCUT2D eigenvalue weighted by Crippen LogP contribution is -2.53. The number of rotatable bonds is 17. The number of aliphatic hydroxyl groups is 1. The van der Waals surface area contributed by atoms with E-state index in [0.29, 0.717) is 26.4 Å². The Hall–Kier alpha value is -0.460. The molecule has 5 nitrogen and oxygen atoms in total. The third-order valence-electron chi connectivity index (χ3n) is 5.03. The Balaban J connectivity index is 2.91. The maximum atomic E-state index is 10.8. The molecule has 0 aromatic rings. The number of hydrogen-bond donors (Lipinski definition) is 1. The van der Waals surface area contributed by atoms with Gasteiger partial charge in [0, 0.05) is 26.4 Å². The first kappa shape index (κ1) is 25.6. The summed E-state index contributed by atoms with van der Waals surface area (Å²) in [6.07, 6.45) is 8.59. The molecule has 1 aliphatic rings. The van der Waals surface area contributed by atoms with Crippen molar-refractivity contribution in [1.82, 2.24) is 0 Å². The Bertz CT molecular complexity index is 398. The van der Waals surface area contributed by atoms with Gasteiger partial charge in [-0.25, -0.2) is 0 Å². The molecule has 0 spiro atoms. The molecule has 0 bridgehead atoms. The first-order chi connectivity index (χ1) is 13.7. The minimum atomic E-state index is -0.695. The number of hydrogen-bond acceptors (Lipinski definition) is 5. The highest BCUT2D eigenvalue weighted by atomic mass is 16.6. The standard InChI is InChI=1S/C23H44O5/c1-5-9-13-25-18-19-17-20(24)22(27-15-11-7-3)23(28-16-12-8-4)21(19)26-14-10-6-2/h17,20-24H,5-16,18H2,1-4H3/t20-,21+,22-,23-/m0/s1. The van der Waals surface area contributed by atoms with Crippen molar-refractivity contribution in [2.45, 2.75) is 103 Å².